The Labute approximate surface area is 112 Å². The molecule has 1 aliphatic rings. The van der Waals surface area contributed by atoms with E-state index in [0.717, 1.165) is 12.8 Å². The number of fused-ring (bicyclic) bond motifs is 1. The smallest absolute Gasteiger partial charge is 0.286 e. The highest BCUT2D eigenvalue weighted by atomic mass is 35.5. The molecule has 1 fully saturated rings. The molecule has 7 heteroatoms. The van der Waals surface area contributed by atoms with E-state index in [2.05, 4.69) is 10.2 Å². The SMILES string of the molecule is FC(F)(F)c1c(Cl)ccn2c(CC3CCC3)nnc12. The molecule has 0 spiro atoms. The molecule has 2 aromatic rings. The number of pyridine rings is 1. The Hall–Kier alpha value is -1.30. The van der Waals surface area contributed by atoms with E-state index < -0.39 is 11.7 Å². The highest BCUT2D eigenvalue weighted by Crippen LogP contribution is 2.37. The summed E-state index contributed by atoms with van der Waals surface area (Å²) in [5.74, 6) is 1.08. The Kier molecular flexibility index (Phi) is 2.92. The van der Waals surface area contributed by atoms with Gasteiger partial charge in [-0.1, -0.05) is 30.9 Å². The first-order chi connectivity index (χ1) is 8.97. The van der Waals surface area contributed by atoms with Gasteiger partial charge in [-0.05, 0) is 12.0 Å². The molecule has 0 aliphatic heterocycles. The molecular formula is C12H11ClF3N3. The molecule has 0 saturated heterocycles. The van der Waals surface area contributed by atoms with E-state index in [1.54, 1.807) is 0 Å². The number of hydrogen-bond acceptors (Lipinski definition) is 2. The second kappa shape index (κ2) is 4.37. The average Bonchev–Trinajstić information content (AvgIpc) is 2.64. The minimum Gasteiger partial charge on any atom is -0.286 e. The number of halogens is 4. The van der Waals surface area contributed by atoms with Gasteiger partial charge in [0.05, 0.1) is 5.02 Å². The van der Waals surface area contributed by atoms with E-state index in [4.69, 9.17) is 11.6 Å². The van der Waals surface area contributed by atoms with Crippen molar-refractivity contribution in [3.63, 3.8) is 0 Å². The minimum absolute atomic E-state index is 0.214. The van der Waals surface area contributed by atoms with Crippen LogP contribution >= 0.6 is 11.6 Å². The van der Waals surface area contributed by atoms with Crippen molar-refractivity contribution in [2.75, 3.05) is 0 Å². The second-order valence-corrected chi connectivity index (χ2v) is 5.25. The standard InChI is InChI=1S/C12H11ClF3N3/c13-8-4-5-19-9(6-7-2-1-3-7)17-18-11(19)10(8)12(14,15)16/h4-5,7H,1-3,6H2. The summed E-state index contributed by atoms with van der Waals surface area (Å²) in [4.78, 5) is 0. The zero-order valence-electron chi connectivity index (χ0n) is 9.91. The van der Waals surface area contributed by atoms with Crippen LogP contribution < -0.4 is 0 Å². The minimum atomic E-state index is -4.53. The van der Waals surface area contributed by atoms with Crippen molar-refractivity contribution in [2.45, 2.75) is 31.9 Å². The molecule has 0 bridgehead atoms. The van der Waals surface area contributed by atoms with Crippen molar-refractivity contribution in [2.24, 2.45) is 5.92 Å². The third kappa shape index (κ3) is 2.18. The zero-order valence-corrected chi connectivity index (χ0v) is 10.7. The lowest BCUT2D eigenvalue weighted by molar-refractivity contribution is -0.136. The van der Waals surface area contributed by atoms with Crippen LogP contribution in [-0.4, -0.2) is 14.6 Å². The van der Waals surface area contributed by atoms with Crippen LogP contribution in [0.3, 0.4) is 0 Å². The normalized spacial score (nSPS) is 16.8. The van der Waals surface area contributed by atoms with Gasteiger partial charge in [-0.25, -0.2) is 0 Å². The van der Waals surface area contributed by atoms with Gasteiger partial charge in [-0.2, -0.15) is 13.2 Å². The maximum Gasteiger partial charge on any atom is 0.421 e. The zero-order chi connectivity index (χ0) is 13.6. The Balaban J connectivity index is 2.09. The maximum atomic E-state index is 13.0. The molecule has 102 valence electrons. The van der Waals surface area contributed by atoms with E-state index >= 15 is 0 Å². The molecule has 0 amide bonds. The van der Waals surface area contributed by atoms with Crippen LogP contribution in [0, 0.1) is 5.92 Å². The van der Waals surface area contributed by atoms with E-state index in [-0.39, 0.29) is 10.7 Å². The van der Waals surface area contributed by atoms with Crippen LogP contribution in [0.4, 0.5) is 13.2 Å². The van der Waals surface area contributed by atoms with Crippen molar-refractivity contribution >= 4 is 17.2 Å². The predicted octanol–water partition coefficient (Wildman–Crippen LogP) is 3.74. The molecule has 0 aromatic carbocycles. The molecule has 0 radical (unpaired) electrons. The quantitative estimate of drug-likeness (QED) is 0.843. The van der Waals surface area contributed by atoms with Gasteiger partial charge < -0.3 is 0 Å². The van der Waals surface area contributed by atoms with Crippen LogP contribution in [0.1, 0.15) is 30.7 Å². The van der Waals surface area contributed by atoms with Gasteiger partial charge in [0.25, 0.3) is 0 Å². The Morgan fingerprint density at radius 1 is 1.32 bits per heavy atom. The van der Waals surface area contributed by atoms with E-state index in [9.17, 15) is 13.2 Å². The molecule has 2 aromatic heterocycles. The van der Waals surface area contributed by atoms with Crippen LogP contribution in [-0.2, 0) is 12.6 Å². The highest BCUT2D eigenvalue weighted by molar-refractivity contribution is 6.31. The van der Waals surface area contributed by atoms with Gasteiger partial charge in [0.15, 0.2) is 5.65 Å². The topological polar surface area (TPSA) is 30.2 Å². The summed E-state index contributed by atoms with van der Waals surface area (Å²) in [7, 11) is 0. The summed E-state index contributed by atoms with van der Waals surface area (Å²) in [5, 5.41) is 7.21. The molecule has 3 rings (SSSR count). The monoisotopic (exact) mass is 289 g/mol. The molecule has 0 atom stereocenters. The summed E-state index contributed by atoms with van der Waals surface area (Å²) in [6, 6.07) is 1.24. The Bertz CT molecular complexity index is 616. The first-order valence-corrected chi connectivity index (χ1v) is 6.44. The number of nitrogens with zero attached hydrogens (tertiary/aromatic N) is 3. The van der Waals surface area contributed by atoms with Crippen molar-refractivity contribution in [3.8, 4) is 0 Å². The van der Waals surface area contributed by atoms with Crippen molar-refractivity contribution < 1.29 is 13.2 Å². The van der Waals surface area contributed by atoms with E-state index in [1.807, 2.05) is 0 Å². The fourth-order valence-corrected chi connectivity index (χ4v) is 2.59. The van der Waals surface area contributed by atoms with Crippen molar-refractivity contribution in [1.29, 1.82) is 0 Å². The maximum absolute atomic E-state index is 13.0. The number of aromatic nitrogens is 3. The first-order valence-electron chi connectivity index (χ1n) is 6.06. The predicted molar refractivity (Wildman–Crippen MR) is 64.0 cm³/mol. The molecule has 2 heterocycles. The Morgan fingerprint density at radius 3 is 2.63 bits per heavy atom. The first kappa shape index (κ1) is 12.7. The van der Waals surface area contributed by atoms with Gasteiger partial charge in [0, 0.05) is 12.6 Å². The Morgan fingerprint density at radius 2 is 2.05 bits per heavy atom. The third-order valence-electron chi connectivity index (χ3n) is 3.58. The third-order valence-corrected chi connectivity index (χ3v) is 3.89. The van der Waals surface area contributed by atoms with Gasteiger partial charge in [0.2, 0.25) is 0 Å². The number of rotatable bonds is 2. The lowest BCUT2D eigenvalue weighted by Gasteiger charge is -2.24. The number of alkyl halides is 3. The van der Waals surface area contributed by atoms with Crippen molar-refractivity contribution in [1.82, 2.24) is 14.6 Å². The summed E-state index contributed by atoms with van der Waals surface area (Å²) in [6.45, 7) is 0. The highest BCUT2D eigenvalue weighted by Gasteiger charge is 2.37. The molecule has 0 N–H and O–H groups in total. The van der Waals surface area contributed by atoms with Gasteiger partial charge in [-0.3, -0.25) is 4.40 Å². The van der Waals surface area contributed by atoms with Crippen LogP contribution in [0.25, 0.3) is 5.65 Å². The van der Waals surface area contributed by atoms with Crippen molar-refractivity contribution in [3.05, 3.63) is 28.7 Å². The summed E-state index contributed by atoms with van der Waals surface area (Å²) >= 11 is 5.64. The molecule has 0 unspecified atom stereocenters. The lowest BCUT2D eigenvalue weighted by Crippen LogP contribution is -2.15. The van der Waals surface area contributed by atoms with Gasteiger partial charge in [-0.15, -0.1) is 10.2 Å². The number of hydrogen-bond donors (Lipinski definition) is 0. The second-order valence-electron chi connectivity index (χ2n) is 4.85. The molecule has 1 saturated carbocycles. The lowest BCUT2D eigenvalue weighted by atomic mass is 9.83. The fourth-order valence-electron chi connectivity index (χ4n) is 2.34. The van der Waals surface area contributed by atoms with Crippen LogP contribution in [0.5, 0.6) is 0 Å². The van der Waals surface area contributed by atoms with Crippen LogP contribution in [0.15, 0.2) is 12.3 Å². The average molecular weight is 290 g/mol. The molecule has 3 nitrogen and oxygen atoms in total. The molecule has 19 heavy (non-hydrogen) atoms. The van der Waals surface area contributed by atoms with Crippen LogP contribution in [0.2, 0.25) is 5.02 Å². The van der Waals surface area contributed by atoms with E-state index in [0.29, 0.717) is 18.2 Å². The fraction of sp³-hybridized carbons (Fsp3) is 0.500. The summed E-state index contributed by atoms with van der Waals surface area (Å²) in [5.41, 5.74) is -1.13. The largest absolute Gasteiger partial charge is 0.421 e. The van der Waals surface area contributed by atoms with E-state index in [1.165, 1.54) is 23.1 Å². The van der Waals surface area contributed by atoms with Gasteiger partial charge >= 0.3 is 6.18 Å². The molecule has 1 aliphatic carbocycles. The summed E-state index contributed by atoms with van der Waals surface area (Å²) in [6.07, 6.45) is 1.03. The van der Waals surface area contributed by atoms with Gasteiger partial charge in [0.1, 0.15) is 11.4 Å². The summed E-state index contributed by atoms with van der Waals surface area (Å²) < 4.78 is 40.3. The molecular weight excluding hydrogens is 279 g/mol.